The van der Waals surface area contributed by atoms with Gasteiger partial charge in [0.05, 0.1) is 0 Å². The topological polar surface area (TPSA) is 72.1 Å². The van der Waals surface area contributed by atoms with Gasteiger partial charge in [-0.3, -0.25) is 4.79 Å². The summed E-state index contributed by atoms with van der Waals surface area (Å²) in [7, 11) is 0. The van der Waals surface area contributed by atoms with E-state index in [2.05, 4.69) is 56.2 Å². The molecule has 0 aliphatic carbocycles. The van der Waals surface area contributed by atoms with Crippen LogP contribution in [0.25, 0.3) is 0 Å². The Kier molecular flexibility index (Phi) is 4.61. The molecule has 5 nitrogen and oxygen atoms in total. The molecule has 1 aliphatic rings. The van der Waals surface area contributed by atoms with Crippen molar-refractivity contribution < 1.29 is 4.79 Å². The van der Waals surface area contributed by atoms with Gasteiger partial charge < -0.3 is 10.6 Å². The lowest BCUT2D eigenvalue weighted by atomic mass is 9.89. The fourth-order valence-corrected chi connectivity index (χ4v) is 3.24. The van der Waals surface area contributed by atoms with E-state index >= 15 is 0 Å². The average Bonchev–Trinajstić information content (AvgIpc) is 2.57. The maximum Gasteiger partial charge on any atom is 0.269 e. The number of carbonyl (C=O) groups excluding carboxylic acids is 1. The molecule has 2 aromatic rings. The third kappa shape index (κ3) is 3.52. The molecule has 0 radical (unpaired) electrons. The lowest BCUT2D eigenvalue weighted by Gasteiger charge is -2.32. The smallest absolute Gasteiger partial charge is 0.269 e. The van der Waals surface area contributed by atoms with Gasteiger partial charge in [-0.05, 0) is 55.0 Å². The molecule has 0 spiro atoms. The molecule has 1 fully saturated rings. The minimum absolute atomic E-state index is 0.203. The van der Waals surface area contributed by atoms with E-state index in [1.54, 1.807) is 6.07 Å². The lowest BCUT2D eigenvalue weighted by molar-refractivity contribution is 0.0994. The number of aromatic nitrogens is 2. The van der Waals surface area contributed by atoms with Gasteiger partial charge in [0.1, 0.15) is 0 Å². The molecule has 6 heteroatoms. The van der Waals surface area contributed by atoms with Gasteiger partial charge in [0.2, 0.25) is 0 Å². The summed E-state index contributed by atoms with van der Waals surface area (Å²) in [6, 6.07) is 10.1. The maximum absolute atomic E-state index is 11.0. The number of nitrogens with two attached hydrogens (primary N) is 1. The van der Waals surface area contributed by atoms with Crippen LogP contribution in [-0.2, 0) is 0 Å². The highest BCUT2D eigenvalue weighted by Gasteiger charge is 2.22. The van der Waals surface area contributed by atoms with Gasteiger partial charge in [0.25, 0.3) is 5.91 Å². The fourth-order valence-electron chi connectivity index (χ4n) is 2.99. The third-order valence-corrected chi connectivity index (χ3v) is 5.27. The average molecular weight is 375 g/mol. The van der Waals surface area contributed by atoms with Crippen molar-refractivity contribution in [3.63, 3.8) is 0 Å². The van der Waals surface area contributed by atoms with Crippen molar-refractivity contribution in [3.8, 4) is 0 Å². The summed E-state index contributed by atoms with van der Waals surface area (Å²) in [5, 5.41) is 8.00. The van der Waals surface area contributed by atoms with Crippen LogP contribution >= 0.6 is 15.9 Å². The fraction of sp³-hybridized carbons (Fsp3) is 0.353. The standard InChI is InChI=1S/C17H19BrN4O/c1-11-10-13(2-3-14(11)18)12-6-8-22(9-7-12)16-5-4-15(17(19)23)20-21-16/h2-5,10,12H,6-9H2,1H3,(H2,19,23). The summed E-state index contributed by atoms with van der Waals surface area (Å²) in [5.74, 6) is 0.838. The zero-order valence-electron chi connectivity index (χ0n) is 13.0. The Balaban J connectivity index is 1.65. The van der Waals surface area contributed by atoms with E-state index < -0.39 is 5.91 Å². The Morgan fingerprint density at radius 1 is 1.22 bits per heavy atom. The second-order valence-electron chi connectivity index (χ2n) is 5.91. The van der Waals surface area contributed by atoms with Crippen molar-refractivity contribution in [2.75, 3.05) is 18.0 Å². The predicted octanol–water partition coefficient (Wildman–Crippen LogP) is 3.03. The number of piperidine rings is 1. The summed E-state index contributed by atoms with van der Waals surface area (Å²) in [5.41, 5.74) is 8.07. The molecule has 0 atom stereocenters. The van der Waals surface area contributed by atoms with Gasteiger partial charge >= 0.3 is 0 Å². The molecule has 23 heavy (non-hydrogen) atoms. The first kappa shape index (κ1) is 15.9. The zero-order valence-corrected chi connectivity index (χ0v) is 14.6. The summed E-state index contributed by atoms with van der Waals surface area (Å²) in [4.78, 5) is 13.3. The first-order valence-electron chi connectivity index (χ1n) is 7.69. The maximum atomic E-state index is 11.0. The molecular weight excluding hydrogens is 356 g/mol. The molecule has 0 saturated carbocycles. The molecule has 1 aliphatic heterocycles. The Labute approximate surface area is 144 Å². The normalized spacial score (nSPS) is 15.7. The summed E-state index contributed by atoms with van der Waals surface area (Å²) in [6.45, 7) is 3.99. The van der Waals surface area contributed by atoms with Crippen LogP contribution in [0.2, 0.25) is 0 Å². The third-order valence-electron chi connectivity index (χ3n) is 4.38. The van der Waals surface area contributed by atoms with Gasteiger partial charge in [-0.2, -0.15) is 0 Å². The molecule has 3 rings (SSSR count). The van der Waals surface area contributed by atoms with Crippen LogP contribution in [0.3, 0.4) is 0 Å². The van der Waals surface area contributed by atoms with E-state index in [-0.39, 0.29) is 5.69 Å². The highest BCUT2D eigenvalue weighted by Crippen LogP contribution is 2.31. The van der Waals surface area contributed by atoms with Crippen molar-refractivity contribution in [2.45, 2.75) is 25.7 Å². The first-order valence-corrected chi connectivity index (χ1v) is 8.48. The molecule has 1 aromatic carbocycles. The van der Waals surface area contributed by atoms with Gasteiger partial charge in [0.15, 0.2) is 11.5 Å². The van der Waals surface area contributed by atoms with Crippen LogP contribution in [0.4, 0.5) is 5.82 Å². The molecule has 1 saturated heterocycles. The second kappa shape index (κ2) is 6.66. The number of carbonyl (C=O) groups is 1. The number of primary amides is 1. The van der Waals surface area contributed by atoms with Crippen molar-refractivity contribution in [1.82, 2.24) is 10.2 Å². The molecule has 120 valence electrons. The molecule has 1 aromatic heterocycles. The SMILES string of the molecule is Cc1cc(C2CCN(c3ccc(C(N)=O)nn3)CC2)ccc1Br. The predicted molar refractivity (Wildman–Crippen MR) is 93.6 cm³/mol. The number of rotatable bonds is 3. The van der Waals surface area contributed by atoms with Gasteiger partial charge in [-0.1, -0.05) is 28.1 Å². The second-order valence-corrected chi connectivity index (χ2v) is 6.77. The number of benzene rings is 1. The van der Waals surface area contributed by atoms with Crippen LogP contribution in [0.1, 0.15) is 40.4 Å². The van der Waals surface area contributed by atoms with Crippen LogP contribution in [0, 0.1) is 6.92 Å². The van der Waals surface area contributed by atoms with Gasteiger partial charge in [0, 0.05) is 17.6 Å². The van der Waals surface area contributed by atoms with E-state index in [1.807, 2.05) is 6.07 Å². The molecule has 0 unspecified atom stereocenters. The van der Waals surface area contributed by atoms with E-state index in [4.69, 9.17) is 5.73 Å². The van der Waals surface area contributed by atoms with Crippen LogP contribution in [0.15, 0.2) is 34.8 Å². The summed E-state index contributed by atoms with van der Waals surface area (Å²) >= 11 is 3.55. The largest absolute Gasteiger partial charge is 0.364 e. The number of nitrogens with zero attached hydrogens (tertiary/aromatic N) is 3. The number of anilines is 1. The number of aryl methyl sites for hydroxylation is 1. The number of hydrogen-bond acceptors (Lipinski definition) is 4. The number of halogens is 1. The highest BCUT2D eigenvalue weighted by atomic mass is 79.9. The molecular formula is C17H19BrN4O. The van der Waals surface area contributed by atoms with Crippen LogP contribution in [-0.4, -0.2) is 29.2 Å². The Morgan fingerprint density at radius 2 is 1.96 bits per heavy atom. The molecule has 2 heterocycles. The Morgan fingerprint density at radius 3 is 2.52 bits per heavy atom. The quantitative estimate of drug-likeness (QED) is 0.895. The van der Waals surface area contributed by atoms with E-state index in [0.717, 1.165) is 36.2 Å². The van der Waals surface area contributed by atoms with E-state index in [0.29, 0.717) is 5.92 Å². The summed E-state index contributed by atoms with van der Waals surface area (Å²) in [6.07, 6.45) is 2.17. The highest BCUT2D eigenvalue weighted by molar-refractivity contribution is 9.10. The van der Waals surface area contributed by atoms with E-state index in [1.165, 1.54) is 11.1 Å². The minimum atomic E-state index is -0.548. The lowest BCUT2D eigenvalue weighted by Crippen LogP contribution is -2.33. The Bertz CT molecular complexity index is 709. The molecule has 0 bridgehead atoms. The first-order chi connectivity index (χ1) is 11.0. The molecule has 1 amide bonds. The van der Waals surface area contributed by atoms with Crippen molar-refractivity contribution >= 4 is 27.7 Å². The Hall–Kier alpha value is -1.95. The monoisotopic (exact) mass is 374 g/mol. The number of hydrogen-bond donors (Lipinski definition) is 1. The molecule has 2 N–H and O–H groups in total. The number of amides is 1. The van der Waals surface area contributed by atoms with Crippen molar-refractivity contribution in [3.05, 3.63) is 51.6 Å². The van der Waals surface area contributed by atoms with Crippen LogP contribution < -0.4 is 10.6 Å². The minimum Gasteiger partial charge on any atom is -0.364 e. The van der Waals surface area contributed by atoms with Gasteiger partial charge in [-0.15, -0.1) is 10.2 Å². The van der Waals surface area contributed by atoms with Crippen molar-refractivity contribution in [2.24, 2.45) is 5.73 Å². The van der Waals surface area contributed by atoms with Gasteiger partial charge in [-0.25, -0.2) is 0 Å². The zero-order chi connectivity index (χ0) is 16.4. The van der Waals surface area contributed by atoms with E-state index in [9.17, 15) is 4.79 Å². The summed E-state index contributed by atoms with van der Waals surface area (Å²) < 4.78 is 1.16. The van der Waals surface area contributed by atoms with Crippen molar-refractivity contribution in [1.29, 1.82) is 0 Å². The van der Waals surface area contributed by atoms with Crippen LogP contribution in [0.5, 0.6) is 0 Å².